The number of nitrogens with zero attached hydrogens (tertiary/aromatic N) is 2. The second-order valence-corrected chi connectivity index (χ2v) is 8.26. The first-order chi connectivity index (χ1) is 13.7. The number of thiazole rings is 1. The van der Waals surface area contributed by atoms with E-state index in [-0.39, 0.29) is 30.1 Å². The van der Waals surface area contributed by atoms with Gasteiger partial charge in [-0.1, -0.05) is 12.1 Å². The summed E-state index contributed by atoms with van der Waals surface area (Å²) in [5, 5.41) is 14.7. The van der Waals surface area contributed by atoms with Crippen molar-refractivity contribution in [2.75, 3.05) is 19.7 Å². The molecule has 2 aliphatic rings. The Morgan fingerprint density at radius 2 is 2.17 bits per heavy atom. The molecule has 8 heteroatoms. The number of aromatic hydroxyl groups is 1. The fourth-order valence-corrected chi connectivity index (χ4v) is 4.87. The SMILES string of the molecule is Cl.O=C([C@@H]1CCCN1)N1CCOc2c(O)cc(-c3nc4ccccc4s3)cc2C1. The van der Waals surface area contributed by atoms with E-state index in [0.717, 1.165) is 45.7 Å². The fraction of sp³-hybridized carbons (Fsp3) is 0.333. The van der Waals surface area contributed by atoms with Crippen molar-refractivity contribution in [1.82, 2.24) is 15.2 Å². The molecule has 3 aromatic rings. The van der Waals surface area contributed by atoms with Crippen molar-refractivity contribution >= 4 is 39.9 Å². The van der Waals surface area contributed by atoms with Crippen LogP contribution in [0.1, 0.15) is 18.4 Å². The summed E-state index contributed by atoms with van der Waals surface area (Å²) in [6.07, 6.45) is 1.90. The van der Waals surface area contributed by atoms with Crippen molar-refractivity contribution in [3.8, 4) is 22.1 Å². The molecular weight excluding hydrogens is 410 g/mol. The van der Waals surface area contributed by atoms with Gasteiger partial charge in [-0.2, -0.15) is 0 Å². The van der Waals surface area contributed by atoms with E-state index in [1.807, 2.05) is 35.2 Å². The minimum atomic E-state index is -0.109. The number of halogens is 1. The highest BCUT2D eigenvalue weighted by atomic mass is 35.5. The summed E-state index contributed by atoms with van der Waals surface area (Å²) in [6, 6.07) is 11.6. The molecule has 2 aromatic carbocycles. The molecule has 1 aromatic heterocycles. The normalized spacial score (nSPS) is 18.6. The molecule has 5 rings (SSSR count). The number of amides is 1. The molecule has 1 amide bonds. The first-order valence-electron chi connectivity index (χ1n) is 9.56. The number of rotatable bonds is 2. The Morgan fingerprint density at radius 3 is 2.97 bits per heavy atom. The Bertz CT molecular complexity index is 1020. The number of fused-ring (bicyclic) bond motifs is 2. The van der Waals surface area contributed by atoms with Crippen LogP contribution >= 0.6 is 23.7 Å². The van der Waals surface area contributed by atoms with Gasteiger partial charge in [0.2, 0.25) is 5.91 Å². The smallest absolute Gasteiger partial charge is 0.240 e. The first kappa shape index (κ1) is 19.9. The predicted molar refractivity (Wildman–Crippen MR) is 116 cm³/mol. The Morgan fingerprint density at radius 1 is 1.31 bits per heavy atom. The molecule has 0 radical (unpaired) electrons. The zero-order valence-electron chi connectivity index (χ0n) is 15.8. The monoisotopic (exact) mass is 431 g/mol. The Kier molecular flexibility index (Phi) is 5.63. The van der Waals surface area contributed by atoms with E-state index in [9.17, 15) is 9.90 Å². The van der Waals surface area contributed by atoms with E-state index >= 15 is 0 Å². The summed E-state index contributed by atoms with van der Waals surface area (Å²) in [4.78, 5) is 19.4. The van der Waals surface area contributed by atoms with Crippen molar-refractivity contribution in [3.05, 3.63) is 42.0 Å². The van der Waals surface area contributed by atoms with Crippen molar-refractivity contribution in [3.63, 3.8) is 0 Å². The summed E-state index contributed by atoms with van der Waals surface area (Å²) in [6.45, 7) is 2.21. The number of hydrogen-bond acceptors (Lipinski definition) is 6. The van der Waals surface area contributed by atoms with Crippen molar-refractivity contribution < 1.29 is 14.6 Å². The topological polar surface area (TPSA) is 74.7 Å². The summed E-state index contributed by atoms with van der Waals surface area (Å²) in [7, 11) is 0. The number of para-hydroxylation sites is 1. The molecule has 2 N–H and O–H groups in total. The lowest BCUT2D eigenvalue weighted by atomic mass is 10.1. The van der Waals surface area contributed by atoms with E-state index in [1.54, 1.807) is 17.4 Å². The number of phenols is 1. The highest BCUT2D eigenvalue weighted by Crippen LogP contribution is 2.39. The maximum absolute atomic E-state index is 12.9. The van der Waals surface area contributed by atoms with Gasteiger partial charge in [0, 0.05) is 17.7 Å². The van der Waals surface area contributed by atoms with E-state index in [1.165, 1.54) is 0 Å². The van der Waals surface area contributed by atoms with E-state index in [4.69, 9.17) is 4.74 Å². The maximum atomic E-state index is 12.9. The van der Waals surface area contributed by atoms with Crippen LogP contribution in [0.4, 0.5) is 0 Å². The van der Waals surface area contributed by atoms with E-state index in [0.29, 0.717) is 25.4 Å². The molecule has 0 unspecified atom stereocenters. The third-order valence-electron chi connectivity index (χ3n) is 5.33. The number of benzene rings is 2. The van der Waals surface area contributed by atoms with Crippen LogP contribution < -0.4 is 10.1 Å². The van der Waals surface area contributed by atoms with Gasteiger partial charge in [-0.15, -0.1) is 23.7 Å². The van der Waals surface area contributed by atoms with Crippen LogP contribution in [0.25, 0.3) is 20.8 Å². The van der Waals surface area contributed by atoms with Crippen LogP contribution in [0.15, 0.2) is 36.4 Å². The third kappa shape index (κ3) is 3.77. The lowest BCUT2D eigenvalue weighted by molar-refractivity contribution is -0.133. The maximum Gasteiger partial charge on any atom is 0.240 e. The van der Waals surface area contributed by atoms with Crippen molar-refractivity contribution in [2.24, 2.45) is 0 Å². The van der Waals surface area contributed by atoms with Crippen molar-refractivity contribution in [1.29, 1.82) is 0 Å². The van der Waals surface area contributed by atoms with Crippen LogP contribution in [0.3, 0.4) is 0 Å². The third-order valence-corrected chi connectivity index (χ3v) is 6.41. The summed E-state index contributed by atoms with van der Waals surface area (Å²) in [5.41, 5.74) is 2.60. The summed E-state index contributed by atoms with van der Waals surface area (Å²) >= 11 is 1.59. The summed E-state index contributed by atoms with van der Waals surface area (Å²) < 4.78 is 6.89. The van der Waals surface area contributed by atoms with Crippen molar-refractivity contribution in [2.45, 2.75) is 25.4 Å². The number of carbonyl (C=O) groups is 1. The molecule has 1 saturated heterocycles. The van der Waals surface area contributed by atoms with Gasteiger partial charge < -0.3 is 20.1 Å². The molecule has 0 spiro atoms. The Hall–Kier alpha value is -2.35. The van der Waals surface area contributed by atoms with Crippen LogP contribution in [-0.2, 0) is 11.3 Å². The molecular formula is C21H22ClN3O3S. The van der Waals surface area contributed by atoms with Gasteiger partial charge in [0.15, 0.2) is 11.5 Å². The number of phenolic OH excluding ortho intramolecular Hbond substituents is 1. The zero-order valence-corrected chi connectivity index (χ0v) is 17.4. The van der Waals surface area contributed by atoms with Gasteiger partial charge in [0.25, 0.3) is 0 Å². The fourth-order valence-electron chi connectivity index (χ4n) is 3.92. The van der Waals surface area contributed by atoms with Gasteiger partial charge in [0.1, 0.15) is 11.6 Å². The lowest BCUT2D eigenvalue weighted by Crippen LogP contribution is -2.44. The van der Waals surface area contributed by atoms with Crippen LogP contribution in [0, 0.1) is 0 Å². The second-order valence-electron chi connectivity index (χ2n) is 7.23. The average molecular weight is 432 g/mol. The standard InChI is InChI=1S/C21H21N3O3S.ClH/c25-17-11-13(20-23-15-4-1-2-6-18(15)28-20)10-14-12-24(8-9-27-19(14)17)21(26)16-5-3-7-22-16;/h1-2,4,6,10-11,16,22,25H,3,5,7-9,12H2;1H/t16-;/m0./s1. The van der Waals surface area contributed by atoms with Crippen LogP contribution in [0.2, 0.25) is 0 Å². The van der Waals surface area contributed by atoms with Gasteiger partial charge in [-0.05, 0) is 43.7 Å². The Labute approximate surface area is 178 Å². The number of nitrogens with one attached hydrogen (secondary N) is 1. The molecule has 0 aliphatic carbocycles. The molecule has 6 nitrogen and oxygen atoms in total. The van der Waals surface area contributed by atoms with E-state index < -0.39 is 0 Å². The molecule has 3 heterocycles. The molecule has 0 saturated carbocycles. The second kappa shape index (κ2) is 8.18. The number of aromatic nitrogens is 1. The summed E-state index contributed by atoms with van der Waals surface area (Å²) in [5.74, 6) is 0.679. The first-order valence-corrected chi connectivity index (χ1v) is 10.4. The van der Waals surface area contributed by atoms with Crippen LogP contribution in [0.5, 0.6) is 11.5 Å². The molecule has 1 fully saturated rings. The van der Waals surface area contributed by atoms with E-state index in [2.05, 4.69) is 10.3 Å². The lowest BCUT2D eigenvalue weighted by Gasteiger charge is -2.23. The Balaban J connectivity index is 0.00000205. The molecule has 152 valence electrons. The van der Waals surface area contributed by atoms with Crippen LogP contribution in [-0.4, -0.2) is 46.6 Å². The number of carbonyl (C=O) groups excluding carboxylic acids is 1. The molecule has 29 heavy (non-hydrogen) atoms. The minimum Gasteiger partial charge on any atom is -0.504 e. The average Bonchev–Trinajstić information content (AvgIpc) is 3.33. The predicted octanol–water partition coefficient (Wildman–Crippen LogP) is 3.56. The van der Waals surface area contributed by atoms with Gasteiger partial charge in [-0.25, -0.2) is 4.98 Å². The minimum absolute atomic E-state index is 0. The largest absolute Gasteiger partial charge is 0.504 e. The van der Waals surface area contributed by atoms with Gasteiger partial charge in [-0.3, -0.25) is 4.79 Å². The highest BCUT2D eigenvalue weighted by molar-refractivity contribution is 7.21. The zero-order chi connectivity index (χ0) is 19.1. The highest BCUT2D eigenvalue weighted by Gasteiger charge is 2.29. The quantitative estimate of drug-likeness (QED) is 0.648. The molecule has 0 bridgehead atoms. The number of hydrogen-bond donors (Lipinski definition) is 2. The molecule has 2 aliphatic heterocycles. The number of ether oxygens (including phenoxy) is 1. The van der Waals surface area contributed by atoms with Gasteiger partial charge >= 0.3 is 0 Å². The van der Waals surface area contributed by atoms with Gasteiger partial charge in [0.05, 0.1) is 22.8 Å². The molecule has 1 atom stereocenters.